The average Bonchev–Trinajstić information content (AvgIpc) is 2.35. The van der Waals surface area contributed by atoms with Gasteiger partial charge < -0.3 is 5.73 Å². The smallest absolute Gasteiger partial charge is 0.142 e. The molecule has 1 aromatic carbocycles. The zero-order chi connectivity index (χ0) is 13.5. The summed E-state index contributed by atoms with van der Waals surface area (Å²) in [5.74, 6) is 0.159. The maximum absolute atomic E-state index is 13.3. The van der Waals surface area contributed by atoms with E-state index in [0.717, 1.165) is 24.8 Å². The van der Waals surface area contributed by atoms with E-state index in [4.69, 9.17) is 17.3 Å². The van der Waals surface area contributed by atoms with Crippen LogP contribution in [0.4, 0.5) is 4.39 Å². The second-order valence-electron chi connectivity index (χ2n) is 4.93. The Bertz CT molecular complexity index is 368. The number of unbranched alkanes of at least 4 members (excludes halogenated alkanes) is 1. The molecule has 0 amide bonds. The van der Waals surface area contributed by atoms with Gasteiger partial charge in [0, 0.05) is 6.04 Å². The van der Waals surface area contributed by atoms with Crippen LogP contribution in [0.15, 0.2) is 18.2 Å². The zero-order valence-electron chi connectivity index (χ0n) is 11.3. The molecule has 0 heterocycles. The number of hydrogen-bond acceptors (Lipinski definition) is 1. The van der Waals surface area contributed by atoms with Crippen molar-refractivity contribution in [3.63, 3.8) is 0 Å². The Morgan fingerprint density at radius 1 is 1.33 bits per heavy atom. The van der Waals surface area contributed by atoms with Gasteiger partial charge in [0.25, 0.3) is 0 Å². The molecule has 0 saturated carbocycles. The Kier molecular flexibility index (Phi) is 6.66. The minimum absolute atomic E-state index is 0.0992. The van der Waals surface area contributed by atoms with Crippen LogP contribution >= 0.6 is 11.6 Å². The van der Waals surface area contributed by atoms with Gasteiger partial charge in [-0.2, -0.15) is 0 Å². The van der Waals surface area contributed by atoms with E-state index in [1.807, 2.05) is 6.07 Å². The van der Waals surface area contributed by atoms with Crippen molar-refractivity contribution in [3.8, 4) is 0 Å². The molecular formula is C15H23ClFN. The van der Waals surface area contributed by atoms with E-state index in [-0.39, 0.29) is 16.9 Å². The zero-order valence-corrected chi connectivity index (χ0v) is 12.0. The second kappa shape index (κ2) is 7.75. The highest BCUT2D eigenvalue weighted by molar-refractivity contribution is 6.30. The summed E-state index contributed by atoms with van der Waals surface area (Å²) in [4.78, 5) is 0. The molecule has 2 N–H and O–H groups in total. The SMILES string of the molecule is CCCCC(CC)C(N)Cc1ccc(Cl)c(F)c1. The molecule has 2 atom stereocenters. The topological polar surface area (TPSA) is 26.0 Å². The molecule has 18 heavy (non-hydrogen) atoms. The highest BCUT2D eigenvalue weighted by atomic mass is 35.5. The van der Waals surface area contributed by atoms with Crippen molar-refractivity contribution in [1.82, 2.24) is 0 Å². The van der Waals surface area contributed by atoms with E-state index in [1.165, 1.54) is 18.9 Å². The number of hydrogen-bond donors (Lipinski definition) is 1. The van der Waals surface area contributed by atoms with Crippen LogP contribution in [0, 0.1) is 11.7 Å². The normalized spacial score (nSPS) is 14.5. The molecule has 3 heteroatoms. The first-order chi connectivity index (χ1) is 8.58. The van der Waals surface area contributed by atoms with Gasteiger partial charge in [-0.3, -0.25) is 0 Å². The Labute approximate surface area is 115 Å². The molecule has 1 nitrogen and oxygen atoms in total. The standard InChI is InChI=1S/C15H23ClFN/c1-3-5-6-12(4-2)15(18)10-11-7-8-13(16)14(17)9-11/h7-9,12,15H,3-6,10,18H2,1-2H3. The predicted molar refractivity (Wildman–Crippen MR) is 76.4 cm³/mol. The van der Waals surface area contributed by atoms with Crippen LogP contribution in [0.1, 0.15) is 45.1 Å². The van der Waals surface area contributed by atoms with Crippen molar-refractivity contribution in [2.24, 2.45) is 11.7 Å². The second-order valence-corrected chi connectivity index (χ2v) is 5.33. The van der Waals surface area contributed by atoms with E-state index in [9.17, 15) is 4.39 Å². The molecule has 0 radical (unpaired) electrons. The van der Waals surface area contributed by atoms with Crippen LogP contribution < -0.4 is 5.73 Å². The molecule has 0 saturated heterocycles. The lowest BCUT2D eigenvalue weighted by molar-refractivity contribution is 0.368. The van der Waals surface area contributed by atoms with Crippen molar-refractivity contribution >= 4 is 11.6 Å². The molecule has 102 valence electrons. The van der Waals surface area contributed by atoms with E-state index in [1.54, 1.807) is 6.07 Å². The molecule has 1 aromatic rings. The first kappa shape index (κ1) is 15.5. The molecule has 0 fully saturated rings. The summed E-state index contributed by atoms with van der Waals surface area (Å²) < 4.78 is 13.3. The van der Waals surface area contributed by atoms with Crippen molar-refractivity contribution in [2.75, 3.05) is 0 Å². The fraction of sp³-hybridized carbons (Fsp3) is 0.600. The van der Waals surface area contributed by atoms with Crippen molar-refractivity contribution < 1.29 is 4.39 Å². The molecule has 0 aliphatic heterocycles. The van der Waals surface area contributed by atoms with Crippen molar-refractivity contribution in [1.29, 1.82) is 0 Å². The lowest BCUT2D eigenvalue weighted by Crippen LogP contribution is -2.32. The fourth-order valence-electron chi connectivity index (χ4n) is 2.29. The average molecular weight is 272 g/mol. The van der Waals surface area contributed by atoms with E-state index in [0.29, 0.717) is 5.92 Å². The maximum Gasteiger partial charge on any atom is 0.142 e. The lowest BCUT2D eigenvalue weighted by atomic mass is 9.88. The monoisotopic (exact) mass is 271 g/mol. The molecule has 0 spiro atoms. The number of benzene rings is 1. The molecule has 0 bridgehead atoms. The third-order valence-electron chi connectivity index (χ3n) is 3.51. The van der Waals surface area contributed by atoms with Gasteiger partial charge >= 0.3 is 0 Å². The first-order valence-corrected chi connectivity index (χ1v) is 7.15. The van der Waals surface area contributed by atoms with Gasteiger partial charge in [-0.25, -0.2) is 4.39 Å². The molecule has 0 aliphatic rings. The van der Waals surface area contributed by atoms with E-state index < -0.39 is 0 Å². The Morgan fingerprint density at radius 3 is 2.61 bits per heavy atom. The van der Waals surface area contributed by atoms with Gasteiger partial charge in [0.1, 0.15) is 5.82 Å². The Morgan fingerprint density at radius 2 is 2.06 bits per heavy atom. The number of rotatable bonds is 7. The maximum atomic E-state index is 13.3. The van der Waals surface area contributed by atoms with Crippen LogP contribution in [0.25, 0.3) is 0 Å². The van der Waals surface area contributed by atoms with Gasteiger partial charge in [0.15, 0.2) is 0 Å². The van der Waals surface area contributed by atoms with Gasteiger partial charge in [-0.1, -0.05) is 50.8 Å². The Balaban J connectivity index is 2.61. The molecular weight excluding hydrogens is 249 g/mol. The van der Waals surface area contributed by atoms with E-state index >= 15 is 0 Å². The summed E-state index contributed by atoms with van der Waals surface area (Å²) in [5, 5.41) is 0.172. The predicted octanol–water partition coefficient (Wildman–Crippen LogP) is 4.57. The minimum atomic E-state index is -0.358. The lowest BCUT2D eigenvalue weighted by Gasteiger charge is -2.22. The number of halogens is 2. The summed E-state index contributed by atoms with van der Waals surface area (Å²) in [5.41, 5.74) is 7.16. The van der Waals surface area contributed by atoms with Gasteiger partial charge in [0.05, 0.1) is 5.02 Å². The number of nitrogens with two attached hydrogens (primary N) is 1. The quantitative estimate of drug-likeness (QED) is 0.773. The van der Waals surface area contributed by atoms with Crippen LogP contribution in [-0.2, 0) is 6.42 Å². The van der Waals surface area contributed by atoms with Gasteiger partial charge in [0.2, 0.25) is 0 Å². The summed E-state index contributed by atoms with van der Waals surface area (Å²) in [6.07, 6.45) is 5.36. The van der Waals surface area contributed by atoms with Crippen LogP contribution in [0.2, 0.25) is 5.02 Å². The third kappa shape index (κ3) is 4.58. The van der Waals surface area contributed by atoms with Gasteiger partial charge in [-0.05, 0) is 36.5 Å². The third-order valence-corrected chi connectivity index (χ3v) is 3.82. The molecule has 0 aromatic heterocycles. The summed E-state index contributed by atoms with van der Waals surface area (Å²) in [6, 6.07) is 5.06. The minimum Gasteiger partial charge on any atom is -0.327 e. The highest BCUT2D eigenvalue weighted by Gasteiger charge is 2.16. The largest absolute Gasteiger partial charge is 0.327 e. The fourth-order valence-corrected chi connectivity index (χ4v) is 2.41. The van der Waals surface area contributed by atoms with Crippen LogP contribution in [-0.4, -0.2) is 6.04 Å². The van der Waals surface area contributed by atoms with E-state index in [2.05, 4.69) is 13.8 Å². The van der Waals surface area contributed by atoms with Crippen molar-refractivity contribution in [2.45, 2.75) is 52.0 Å². The Hall–Kier alpha value is -0.600. The molecule has 0 aliphatic carbocycles. The van der Waals surface area contributed by atoms with Crippen LogP contribution in [0.5, 0.6) is 0 Å². The summed E-state index contributed by atoms with van der Waals surface area (Å²) in [6.45, 7) is 4.36. The summed E-state index contributed by atoms with van der Waals surface area (Å²) >= 11 is 5.67. The highest BCUT2D eigenvalue weighted by Crippen LogP contribution is 2.21. The van der Waals surface area contributed by atoms with Crippen molar-refractivity contribution in [3.05, 3.63) is 34.6 Å². The molecule has 1 rings (SSSR count). The first-order valence-electron chi connectivity index (χ1n) is 6.78. The summed E-state index contributed by atoms with van der Waals surface area (Å²) in [7, 11) is 0. The molecule has 2 unspecified atom stereocenters. The van der Waals surface area contributed by atoms with Gasteiger partial charge in [-0.15, -0.1) is 0 Å². The van der Waals surface area contributed by atoms with Crippen LogP contribution in [0.3, 0.4) is 0 Å².